The van der Waals surface area contributed by atoms with Crippen LogP contribution in [0.3, 0.4) is 0 Å². The van der Waals surface area contributed by atoms with Crippen molar-refractivity contribution in [2.75, 3.05) is 12.4 Å². The Kier molecular flexibility index (Phi) is 5.04. The molecule has 0 atom stereocenters. The van der Waals surface area contributed by atoms with Crippen molar-refractivity contribution in [2.24, 2.45) is 0 Å². The number of anilines is 1. The maximum atomic E-state index is 13.8. The van der Waals surface area contributed by atoms with Crippen LogP contribution in [0.15, 0.2) is 37.1 Å². The minimum Gasteiger partial charge on any atom is -0.481 e. The van der Waals surface area contributed by atoms with Gasteiger partial charge in [-0.2, -0.15) is 0 Å². The van der Waals surface area contributed by atoms with Crippen molar-refractivity contribution in [3.8, 4) is 17.1 Å². The molecule has 0 saturated carbocycles. The van der Waals surface area contributed by atoms with Crippen LogP contribution in [0.1, 0.15) is 15.9 Å². The molecule has 9 heteroatoms. The number of halogens is 2. The fourth-order valence-electron chi connectivity index (χ4n) is 2.30. The van der Waals surface area contributed by atoms with Crippen molar-refractivity contribution in [3.63, 3.8) is 0 Å². The largest absolute Gasteiger partial charge is 0.481 e. The second-order valence-electron chi connectivity index (χ2n) is 5.26. The first-order valence-electron chi connectivity index (χ1n) is 7.43. The van der Waals surface area contributed by atoms with E-state index >= 15 is 0 Å². The van der Waals surface area contributed by atoms with Crippen molar-refractivity contribution in [1.82, 2.24) is 19.9 Å². The summed E-state index contributed by atoms with van der Waals surface area (Å²) in [5.41, 5.74) is 1.34. The van der Waals surface area contributed by atoms with Crippen LogP contribution in [0.25, 0.3) is 11.3 Å². The van der Waals surface area contributed by atoms with Crippen LogP contribution in [-0.4, -0.2) is 33.0 Å². The SMILES string of the molecule is COc1ncc(Cl)cc1-c1cnc(NC(=O)c2c(C)cncc2F)cn1. The number of aryl methyl sites for hydroxylation is 1. The number of amides is 1. The van der Waals surface area contributed by atoms with E-state index in [2.05, 4.69) is 25.3 Å². The average molecular weight is 374 g/mol. The van der Waals surface area contributed by atoms with E-state index in [4.69, 9.17) is 16.3 Å². The van der Waals surface area contributed by atoms with Crippen molar-refractivity contribution < 1.29 is 13.9 Å². The van der Waals surface area contributed by atoms with E-state index in [1.165, 1.54) is 31.9 Å². The first kappa shape index (κ1) is 17.7. The summed E-state index contributed by atoms with van der Waals surface area (Å²) >= 11 is 5.96. The molecule has 7 nitrogen and oxygen atoms in total. The number of methoxy groups -OCH3 is 1. The lowest BCUT2D eigenvalue weighted by Gasteiger charge is -2.09. The second kappa shape index (κ2) is 7.40. The number of aromatic nitrogens is 4. The highest BCUT2D eigenvalue weighted by Gasteiger charge is 2.16. The Morgan fingerprint density at radius 2 is 1.96 bits per heavy atom. The number of hydrogen-bond acceptors (Lipinski definition) is 6. The van der Waals surface area contributed by atoms with Crippen LogP contribution in [0.4, 0.5) is 10.2 Å². The maximum absolute atomic E-state index is 13.8. The molecule has 1 amide bonds. The van der Waals surface area contributed by atoms with Gasteiger partial charge in [-0.15, -0.1) is 0 Å². The third-order valence-corrected chi connectivity index (χ3v) is 3.70. The number of carbonyl (C=O) groups excluding carboxylic acids is 1. The molecule has 0 aromatic carbocycles. The Hall–Kier alpha value is -3.13. The molecule has 3 heterocycles. The number of nitrogens with zero attached hydrogens (tertiary/aromatic N) is 4. The molecule has 0 radical (unpaired) electrons. The fourth-order valence-corrected chi connectivity index (χ4v) is 2.46. The van der Waals surface area contributed by atoms with Crippen LogP contribution in [0, 0.1) is 12.7 Å². The number of hydrogen-bond donors (Lipinski definition) is 1. The predicted octanol–water partition coefficient (Wildman–Crippen LogP) is 3.30. The molecule has 0 aliphatic rings. The molecule has 3 aromatic rings. The van der Waals surface area contributed by atoms with Gasteiger partial charge in [0.05, 0.1) is 47.5 Å². The van der Waals surface area contributed by atoms with E-state index in [9.17, 15) is 9.18 Å². The minimum absolute atomic E-state index is 0.0911. The lowest BCUT2D eigenvalue weighted by molar-refractivity contribution is 0.102. The molecule has 26 heavy (non-hydrogen) atoms. The summed E-state index contributed by atoms with van der Waals surface area (Å²) in [5.74, 6) is -0.827. The van der Waals surface area contributed by atoms with Crippen molar-refractivity contribution in [3.05, 3.63) is 59.0 Å². The number of nitrogens with one attached hydrogen (secondary N) is 1. The maximum Gasteiger partial charge on any atom is 0.260 e. The fraction of sp³-hybridized carbons (Fsp3) is 0.118. The van der Waals surface area contributed by atoms with E-state index in [0.29, 0.717) is 27.7 Å². The molecule has 0 aliphatic carbocycles. The van der Waals surface area contributed by atoms with Gasteiger partial charge in [0.15, 0.2) is 11.6 Å². The van der Waals surface area contributed by atoms with Gasteiger partial charge >= 0.3 is 0 Å². The molecular weight excluding hydrogens is 361 g/mol. The summed E-state index contributed by atoms with van der Waals surface area (Å²) in [6.07, 6.45) is 6.63. The van der Waals surface area contributed by atoms with E-state index in [-0.39, 0.29) is 11.4 Å². The molecule has 3 rings (SSSR count). The van der Waals surface area contributed by atoms with Crippen LogP contribution >= 0.6 is 11.6 Å². The summed E-state index contributed by atoms with van der Waals surface area (Å²) in [6.45, 7) is 1.60. The highest BCUT2D eigenvalue weighted by atomic mass is 35.5. The van der Waals surface area contributed by atoms with Gasteiger partial charge < -0.3 is 10.1 Å². The third kappa shape index (κ3) is 3.60. The number of pyridine rings is 2. The topological polar surface area (TPSA) is 89.9 Å². The highest BCUT2D eigenvalue weighted by Crippen LogP contribution is 2.28. The van der Waals surface area contributed by atoms with Crippen LogP contribution in [0.5, 0.6) is 5.88 Å². The van der Waals surface area contributed by atoms with Crippen LogP contribution < -0.4 is 10.1 Å². The van der Waals surface area contributed by atoms with E-state index < -0.39 is 11.7 Å². The summed E-state index contributed by atoms with van der Waals surface area (Å²) in [4.78, 5) is 28.4. The quantitative estimate of drug-likeness (QED) is 0.754. The molecule has 0 fully saturated rings. The monoisotopic (exact) mass is 373 g/mol. The first-order chi connectivity index (χ1) is 12.5. The summed E-state index contributed by atoms with van der Waals surface area (Å²) in [7, 11) is 1.48. The Bertz CT molecular complexity index is 946. The van der Waals surface area contributed by atoms with Gasteiger partial charge in [0.2, 0.25) is 5.88 Å². The second-order valence-corrected chi connectivity index (χ2v) is 5.70. The van der Waals surface area contributed by atoms with Gasteiger partial charge in [0.25, 0.3) is 5.91 Å². The minimum atomic E-state index is -0.707. The zero-order chi connectivity index (χ0) is 18.7. The van der Waals surface area contributed by atoms with Crippen molar-refractivity contribution in [1.29, 1.82) is 0 Å². The zero-order valence-electron chi connectivity index (χ0n) is 13.8. The normalized spacial score (nSPS) is 10.5. The number of carbonyl (C=O) groups is 1. The Labute approximate surface area is 153 Å². The third-order valence-electron chi connectivity index (χ3n) is 3.50. The first-order valence-corrected chi connectivity index (χ1v) is 7.80. The standard InChI is InChI=1S/C17H13ClFN5O2/c1-9-4-20-6-12(19)15(9)16(25)24-14-8-21-13(7-22-14)11-3-10(18)5-23-17(11)26-2/h3-8H,1-2H3,(H,22,24,25). The van der Waals surface area contributed by atoms with E-state index in [1.54, 1.807) is 13.0 Å². The van der Waals surface area contributed by atoms with Crippen LogP contribution in [0.2, 0.25) is 5.02 Å². The molecule has 0 unspecified atom stereocenters. The summed E-state index contributed by atoms with van der Waals surface area (Å²) in [5, 5.41) is 2.93. The summed E-state index contributed by atoms with van der Waals surface area (Å²) < 4.78 is 19.0. The Balaban J connectivity index is 1.85. The molecule has 132 valence electrons. The number of ether oxygens (including phenoxy) is 1. The van der Waals surface area contributed by atoms with Gasteiger partial charge in [-0.1, -0.05) is 11.6 Å². The average Bonchev–Trinajstić information content (AvgIpc) is 2.62. The lowest BCUT2D eigenvalue weighted by atomic mass is 10.1. The van der Waals surface area contributed by atoms with E-state index in [0.717, 1.165) is 6.20 Å². The summed E-state index contributed by atoms with van der Waals surface area (Å²) in [6, 6.07) is 1.64. The molecule has 1 N–H and O–H groups in total. The van der Waals surface area contributed by atoms with Crippen molar-refractivity contribution >= 4 is 23.3 Å². The molecular formula is C17H13ClFN5O2. The van der Waals surface area contributed by atoms with Crippen LogP contribution in [-0.2, 0) is 0 Å². The molecule has 3 aromatic heterocycles. The highest BCUT2D eigenvalue weighted by molar-refractivity contribution is 6.30. The van der Waals surface area contributed by atoms with Gasteiger partial charge in [-0.3, -0.25) is 14.8 Å². The molecule has 0 aliphatic heterocycles. The van der Waals surface area contributed by atoms with Crippen molar-refractivity contribution in [2.45, 2.75) is 6.92 Å². The Morgan fingerprint density at radius 1 is 1.15 bits per heavy atom. The smallest absolute Gasteiger partial charge is 0.260 e. The zero-order valence-corrected chi connectivity index (χ0v) is 14.6. The van der Waals surface area contributed by atoms with Gasteiger partial charge in [-0.25, -0.2) is 14.4 Å². The molecule has 0 bridgehead atoms. The Morgan fingerprint density at radius 3 is 2.62 bits per heavy atom. The predicted molar refractivity (Wildman–Crippen MR) is 93.7 cm³/mol. The van der Waals surface area contributed by atoms with Gasteiger partial charge in [0, 0.05) is 12.4 Å². The lowest BCUT2D eigenvalue weighted by Crippen LogP contribution is -2.16. The molecule has 0 spiro atoms. The molecule has 0 saturated heterocycles. The number of rotatable bonds is 4. The van der Waals surface area contributed by atoms with E-state index in [1.807, 2.05) is 0 Å². The van der Waals surface area contributed by atoms with Gasteiger partial charge in [0.1, 0.15) is 0 Å². The van der Waals surface area contributed by atoms with Gasteiger partial charge in [-0.05, 0) is 18.6 Å².